The van der Waals surface area contributed by atoms with Crippen LogP contribution in [-0.4, -0.2) is 51.8 Å². The topological polar surface area (TPSA) is 70.4 Å². The van der Waals surface area contributed by atoms with Crippen LogP contribution >= 0.6 is 24.0 Å². The highest BCUT2D eigenvalue weighted by Crippen LogP contribution is 2.24. The summed E-state index contributed by atoms with van der Waals surface area (Å²) in [7, 11) is 0. The number of hydrogen-bond donors (Lipinski definition) is 2. The highest BCUT2D eigenvalue weighted by molar-refractivity contribution is 14.0. The number of aromatic nitrogens is 3. The van der Waals surface area contributed by atoms with Gasteiger partial charge in [0.2, 0.25) is 0 Å². The van der Waals surface area contributed by atoms with E-state index >= 15 is 0 Å². The fraction of sp³-hybridized carbons (Fsp3) is 0.400. The molecule has 33 heavy (non-hydrogen) atoms. The number of guanidine groups is 1. The van der Waals surface area contributed by atoms with E-state index in [-0.39, 0.29) is 24.0 Å². The summed E-state index contributed by atoms with van der Waals surface area (Å²) < 4.78 is 1.83. The summed E-state index contributed by atoms with van der Waals surface area (Å²) in [5, 5.41) is 11.2. The average Bonchev–Trinajstić information content (AvgIpc) is 3.53. The minimum atomic E-state index is 0. The highest BCUT2D eigenvalue weighted by atomic mass is 127. The van der Waals surface area contributed by atoms with Gasteiger partial charge in [-0.3, -0.25) is 4.90 Å². The number of nitrogens with one attached hydrogen (secondary N) is 2. The SMILES string of the molecule is CCNC(=NCc1cccc(Cn2cncn2)c1)NCC(c1ccccc1)N1CCCC1.I. The van der Waals surface area contributed by atoms with Crippen LogP contribution in [-0.2, 0) is 13.1 Å². The Morgan fingerprint density at radius 3 is 2.55 bits per heavy atom. The maximum Gasteiger partial charge on any atom is 0.191 e. The number of halogens is 1. The molecule has 2 heterocycles. The molecule has 1 saturated heterocycles. The van der Waals surface area contributed by atoms with Gasteiger partial charge in [0.1, 0.15) is 12.7 Å². The molecule has 0 saturated carbocycles. The fourth-order valence-corrected chi connectivity index (χ4v) is 4.22. The molecule has 0 spiro atoms. The van der Waals surface area contributed by atoms with Gasteiger partial charge in [-0.1, -0.05) is 54.6 Å². The molecule has 8 heteroatoms. The number of rotatable bonds is 9. The van der Waals surface area contributed by atoms with Crippen LogP contribution in [0.3, 0.4) is 0 Å². The van der Waals surface area contributed by atoms with Crippen LogP contribution in [0.25, 0.3) is 0 Å². The van der Waals surface area contributed by atoms with Crippen molar-refractivity contribution < 1.29 is 0 Å². The maximum atomic E-state index is 4.86. The minimum Gasteiger partial charge on any atom is -0.357 e. The summed E-state index contributed by atoms with van der Waals surface area (Å²) in [6, 6.07) is 19.7. The molecule has 1 atom stereocenters. The molecule has 1 aromatic heterocycles. The van der Waals surface area contributed by atoms with Gasteiger partial charge >= 0.3 is 0 Å². The van der Waals surface area contributed by atoms with Crippen molar-refractivity contribution >= 4 is 29.9 Å². The second-order valence-corrected chi connectivity index (χ2v) is 8.16. The summed E-state index contributed by atoms with van der Waals surface area (Å²) in [6.45, 7) is 7.43. The quantitative estimate of drug-likeness (QED) is 0.237. The summed E-state index contributed by atoms with van der Waals surface area (Å²) in [4.78, 5) is 11.5. The van der Waals surface area contributed by atoms with Gasteiger partial charge in [0, 0.05) is 13.1 Å². The van der Waals surface area contributed by atoms with Crippen LogP contribution in [0.1, 0.15) is 42.5 Å². The van der Waals surface area contributed by atoms with E-state index in [1.807, 2.05) is 4.68 Å². The first kappa shape index (κ1) is 25.2. The lowest BCUT2D eigenvalue weighted by Crippen LogP contribution is -2.42. The zero-order valence-corrected chi connectivity index (χ0v) is 21.6. The Morgan fingerprint density at radius 1 is 1.03 bits per heavy atom. The Hall–Kier alpha value is -2.46. The van der Waals surface area contributed by atoms with E-state index in [4.69, 9.17) is 4.99 Å². The van der Waals surface area contributed by atoms with Gasteiger partial charge in [-0.05, 0) is 49.5 Å². The molecular formula is C25H34IN7. The Kier molecular flexibility index (Phi) is 10.1. The molecule has 176 valence electrons. The third-order valence-corrected chi connectivity index (χ3v) is 5.80. The highest BCUT2D eigenvalue weighted by Gasteiger charge is 2.23. The fourth-order valence-electron chi connectivity index (χ4n) is 4.22. The van der Waals surface area contributed by atoms with E-state index in [2.05, 4.69) is 87.1 Å². The van der Waals surface area contributed by atoms with Crippen molar-refractivity contribution in [3.63, 3.8) is 0 Å². The minimum absolute atomic E-state index is 0. The van der Waals surface area contributed by atoms with Gasteiger partial charge in [-0.25, -0.2) is 14.7 Å². The molecule has 1 fully saturated rings. The van der Waals surface area contributed by atoms with Crippen LogP contribution in [0, 0.1) is 0 Å². The van der Waals surface area contributed by atoms with Crippen molar-refractivity contribution in [2.24, 2.45) is 4.99 Å². The average molecular weight is 560 g/mol. The first-order chi connectivity index (χ1) is 15.8. The number of benzene rings is 2. The lowest BCUT2D eigenvalue weighted by atomic mass is 10.1. The second-order valence-electron chi connectivity index (χ2n) is 8.16. The molecule has 1 aliphatic rings. The van der Waals surface area contributed by atoms with Crippen molar-refractivity contribution in [2.75, 3.05) is 26.2 Å². The first-order valence-corrected chi connectivity index (χ1v) is 11.5. The predicted molar refractivity (Wildman–Crippen MR) is 144 cm³/mol. The van der Waals surface area contributed by atoms with Gasteiger partial charge in [-0.2, -0.15) is 5.10 Å². The molecule has 1 unspecified atom stereocenters. The molecule has 0 aliphatic carbocycles. The van der Waals surface area contributed by atoms with E-state index in [9.17, 15) is 0 Å². The molecule has 3 aromatic rings. The lowest BCUT2D eigenvalue weighted by molar-refractivity contribution is 0.245. The molecule has 0 amide bonds. The Labute approximate surface area is 213 Å². The molecular weight excluding hydrogens is 525 g/mol. The summed E-state index contributed by atoms with van der Waals surface area (Å²) in [5.41, 5.74) is 3.73. The van der Waals surface area contributed by atoms with E-state index in [0.717, 1.165) is 32.1 Å². The zero-order chi connectivity index (χ0) is 22.0. The normalized spacial score (nSPS) is 15.1. The van der Waals surface area contributed by atoms with Gasteiger partial charge in [0.05, 0.1) is 19.1 Å². The Morgan fingerprint density at radius 2 is 1.82 bits per heavy atom. The molecule has 1 aliphatic heterocycles. The van der Waals surface area contributed by atoms with Crippen LogP contribution in [0.15, 0.2) is 72.2 Å². The van der Waals surface area contributed by atoms with Crippen molar-refractivity contribution in [1.82, 2.24) is 30.3 Å². The number of likely N-dealkylation sites (tertiary alicyclic amines) is 1. The smallest absolute Gasteiger partial charge is 0.191 e. The zero-order valence-electron chi connectivity index (χ0n) is 19.2. The maximum absolute atomic E-state index is 4.86. The summed E-state index contributed by atoms with van der Waals surface area (Å²) in [5.74, 6) is 0.856. The summed E-state index contributed by atoms with van der Waals surface area (Å²) >= 11 is 0. The Balaban J connectivity index is 0.00000306. The van der Waals surface area contributed by atoms with E-state index in [1.165, 1.54) is 29.5 Å². The van der Waals surface area contributed by atoms with Crippen molar-refractivity contribution in [2.45, 2.75) is 38.9 Å². The van der Waals surface area contributed by atoms with Crippen molar-refractivity contribution in [3.8, 4) is 0 Å². The van der Waals surface area contributed by atoms with Crippen molar-refractivity contribution in [3.05, 3.63) is 83.9 Å². The van der Waals surface area contributed by atoms with Crippen LogP contribution in [0.5, 0.6) is 0 Å². The monoisotopic (exact) mass is 559 g/mol. The first-order valence-electron chi connectivity index (χ1n) is 11.5. The Bertz CT molecular complexity index is 969. The van der Waals surface area contributed by atoms with Crippen LogP contribution < -0.4 is 10.6 Å². The predicted octanol–water partition coefficient (Wildman–Crippen LogP) is 3.84. The van der Waals surface area contributed by atoms with Gasteiger partial charge in [0.15, 0.2) is 5.96 Å². The largest absolute Gasteiger partial charge is 0.357 e. The third-order valence-electron chi connectivity index (χ3n) is 5.80. The van der Waals surface area contributed by atoms with Gasteiger partial charge in [-0.15, -0.1) is 24.0 Å². The lowest BCUT2D eigenvalue weighted by Gasteiger charge is -2.29. The molecule has 0 bridgehead atoms. The summed E-state index contributed by atoms with van der Waals surface area (Å²) in [6.07, 6.45) is 5.86. The standard InChI is InChI=1S/C25H33N7.HI/c1-2-27-25(28-16-21-9-8-10-22(15-21)18-32-20-26-19-30-32)29-17-24(31-13-6-7-14-31)23-11-4-3-5-12-23;/h3-5,8-12,15,19-20,24H,2,6-7,13-14,16-18H2,1H3,(H2,27,28,29);1H. The molecule has 7 nitrogen and oxygen atoms in total. The van der Waals surface area contributed by atoms with E-state index < -0.39 is 0 Å². The van der Waals surface area contributed by atoms with E-state index in [0.29, 0.717) is 19.1 Å². The molecule has 0 radical (unpaired) electrons. The van der Waals surface area contributed by atoms with E-state index in [1.54, 1.807) is 12.7 Å². The number of hydrogen-bond acceptors (Lipinski definition) is 4. The molecule has 2 N–H and O–H groups in total. The van der Waals surface area contributed by atoms with Crippen LogP contribution in [0.2, 0.25) is 0 Å². The molecule has 4 rings (SSSR count). The van der Waals surface area contributed by atoms with Gasteiger partial charge in [0.25, 0.3) is 0 Å². The van der Waals surface area contributed by atoms with Crippen LogP contribution in [0.4, 0.5) is 0 Å². The third kappa shape index (κ3) is 7.53. The van der Waals surface area contributed by atoms with Crippen molar-refractivity contribution in [1.29, 1.82) is 0 Å². The number of aliphatic imine (C=N–C) groups is 1. The molecule has 2 aromatic carbocycles. The second kappa shape index (κ2) is 13.3. The number of nitrogens with zero attached hydrogens (tertiary/aromatic N) is 5. The van der Waals surface area contributed by atoms with Gasteiger partial charge < -0.3 is 10.6 Å².